The number of alkyl halides is 1. The summed E-state index contributed by atoms with van der Waals surface area (Å²) in [6.45, 7) is 16.0. The van der Waals surface area contributed by atoms with Gasteiger partial charge in [-0.1, -0.05) is 31.2 Å². The second-order valence-corrected chi connectivity index (χ2v) is 11.5. The van der Waals surface area contributed by atoms with Gasteiger partial charge < -0.3 is 28.8 Å². The molecule has 10 atom stereocenters. The van der Waals surface area contributed by atoms with Gasteiger partial charge in [-0.15, -0.1) is 11.6 Å². The summed E-state index contributed by atoms with van der Waals surface area (Å²) in [5.74, 6) is -5.92. The van der Waals surface area contributed by atoms with E-state index in [1.165, 1.54) is 27.7 Å². The minimum Gasteiger partial charge on any atom is -0.462 e. The van der Waals surface area contributed by atoms with Gasteiger partial charge in [0.15, 0.2) is 11.7 Å². The first-order valence-corrected chi connectivity index (χ1v) is 13.5. The monoisotopic (exact) mass is 584 g/mol. The highest BCUT2D eigenvalue weighted by atomic mass is 35.5. The first-order chi connectivity index (χ1) is 18.5. The van der Waals surface area contributed by atoms with Gasteiger partial charge in [0.05, 0.1) is 16.7 Å². The Bertz CT molecular complexity index is 1120. The van der Waals surface area contributed by atoms with Gasteiger partial charge in [0, 0.05) is 40.0 Å². The zero-order valence-electron chi connectivity index (χ0n) is 23.6. The molecule has 0 aromatic carbocycles. The third-order valence-corrected chi connectivity index (χ3v) is 8.85. The molecule has 12 heteroatoms. The number of hydrogen-bond acceptors (Lipinski definition) is 11. The number of rotatable bonds is 4. The topological polar surface area (TPSA) is 152 Å². The molecule has 11 nitrogen and oxygen atoms in total. The third kappa shape index (κ3) is 5.50. The van der Waals surface area contributed by atoms with Crippen LogP contribution in [0.25, 0.3) is 0 Å². The second-order valence-electron chi connectivity index (χ2n) is 11.1. The normalized spacial score (nSPS) is 39.6. The second kappa shape index (κ2) is 11.5. The van der Waals surface area contributed by atoms with Crippen LogP contribution in [0.15, 0.2) is 24.3 Å². The Morgan fingerprint density at radius 1 is 0.925 bits per heavy atom. The van der Waals surface area contributed by atoms with E-state index in [-0.39, 0.29) is 19.3 Å². The van der Waals surface area contributed by atoms with Crippen molar-refractivity contribution in [1.82, 2.24) is 0 Å². The fourth-order valence-electron chi connectivity index (χ4n) is 6.56. The van der Waals surface area contributed by atoms with Crippen LogP contribution in [0.4, 0.5) is 0 Å². The minimum atomic E-state index is -2.21. The summed E-state index contributed by atoms with van der Waals surface area (Å²) >= 11 is 6.74. The molecule has 0 amide bonds. The van der Waals surface area contributed by atoms with E-state index < -0.39 is 88.6 Å². The lowest BCUT2D eigenvalue weighted by atomic mass is 9.54. The number of halogens is 1. The maximum Gasteiger partial charge on any atom is 0.312 e. The summed E-state index contributed by atoms with van der Waals surface area (Å²) < 4.78 is 28.6. The fraction of sp³-hybridized carbons (Fsp3) is 0.679. The van der Waals surface area contributed by atoms with E-state index in [2.05, 4.69) is 13.2 Å². The van der Waals surface area contributed by atoms with Crippen LogP contribution in [-0.2, 0) is 47.7 Å². The Hall–Kier alpha value is -2.92. The van der Waals surface area contributed by atoms with E-state index in [1.807, 2.05) is 0 Å². The molecular weight excluding hydrogens is 548 g/mol. The molecule has 3 fully saturated rings. The number of carbonyl (C=O) groups is 5. The fourth-order valence-corrected chi connectivity index (χ4v) is 6.93. The third-order valence-electron chi connectivity index (χ3n) is 8.32. The Morgan fingerprint density at radius 3 is 1.98 bits per heavy atom. The number of carbonyl (C=O) groups excluding carboxylic acids is 5. The zero-order valence-corrected chi connectivity index (χ0v) is 24.3. The number of hydrogen-bond donors (Lipinski definition) is 1. The van der Waals surface area contributed by atoms with Crippen molar-refractivity contribution < 1.29 is 52.8 Å². The van der Waals surface area contributed by atoms with Crippen molar-refractivity contribution in [2.45, 2.75) is 102 Å². The van der Waals surface area contributed by atoms with Crippen LogP contribution in [0, 0.1) is 17.3 Å². The molecule has 0 aromatic rings. The maximum atomic E-state index is 12.9. The number of fused-ring (bicyclic) bond motifs is 2. The van der Waals surface area contributed by atoms with Gasteiger partial charge in [0.1, 0.15) is 24.4 Å². The summed E-state index contributed by atoms with van der Waals surface area (Å²) in [5.41, 5.74) is -3.02. The molecule has 0 radical (unpaired) electrons. The van der Waals surface area contributed by atoms with Crippen molar-refractivity contribution >= 4 is 41.4 Å². The molecule has 0 spiro atoms. The van der Waals surface area contributed by atoms with Gasteiger partial charge in [-0.05, 0) is 19.8 Å². The molecule has 1 saturated heterocycles. The molecule has 3 aliphatic rings. The molecule has 0 bridgehead atoms. The van der Waals surface area contributed by atoms with E-state index in [0.717, 1.165) is 6.92 Å². The lowest BCUT2D eigenvalue weighted by molar-refractivity contribution is -0.237. The van der Waals surface area contributed by atoms with Crippen molar-refractivity contribution in [2.75, 3.05) is 0 Å². The van der Waals surface area contributed by atoms with Crippen molar-refractivity contribution in [3.63, 3.8) is 0 Å². The molecule has 2 unspecified atom stereocenters. The summed E-state index contributed by atoms with van der Waals surface area (Å²) in [5, 5.41) is 11.3. The molecule has 1 heterocycles. The Labute approximate surface area is 238 Å². The van der Waals surface area contributed by atoms with Crippen molar-refractivity contribution in [1.29, 1.82) is 0 Å². The quantitative estimate of drug-likeness (QED) is 0.224. The van der Waals surface area contributed by atoms with Crippen molar-refractivity contribution in [3.8, 4) is 0 Å². The predicted octanol–water partition coefficient (Wildman–Crippen LogP) is 2.55. The van der Waals surface area contributed by atoms with Crippen LogP contribution in [0.2, 0.25) is 0 Å². The largest absolute Gasteiger partial charge is 0.462 e. The molecule has 1 N–H and O–H groups in total. The molecule has 0 aromatic heterocycles. The number of ether oxygens (including phenoxy) is 5. The maximum absolute atomic E-state index is 12.9. The van der Waals surface area contributed by atoms with Gasteiger partial charge >= 0.3 is 29.8 Å². The van der Waals surface area contributed by atoms with Crippen LogP contribution in [-0.4, -0.2) is 76.5 Å². The average Bonchev–Trinajstić information content (AvgIpc) is 3.06. The Balaban J connectivity index is 2.41. The summed E-state index contributed by atoms with van der Waals surface area (Å²) in [6.07, 6.45) is -6.07. The Kier molecular flexibility index (Phi) is 9.10. The Morgan fingerprint density at radius 2 is 1.45 bits per heavy atom. The average molecular weight is 585 g/mol. The molecule has 1 aliphatic heterocycles. The molecule has 2 saturated carbocycles. The molecule has 3 rings (SSSR count). The van der Waals surface area contributed by atoms with Crippen molar-refractivity contribution in [3.05, 3.63) is 24.3 Å². The van der Waals surface area contributed by atoms with Gasteiger partial charge in [0.2, 0.25) is 0 Å². The van der Waals surface area contributed by atoms with E-state index >= 15 is 0 Å². The summed E-state index contributed by atoms with van der Waals surface area (Å²) in [7, 11) is 0. The summed E-state index contributed by atoms with van der Waals surface area (Å²) in [6, 6.07) is 0. The van der Waals surface area contributed by atoms with Gasteiger partial charge in [-0.25, -0.2) is 0 Å². The van der Waals surface area contributed by atoms with E-state index in [0.29, 0.717) is 11.1 Å². The first-order valence-electron chi connectivity index (χ1n) is 13.1. The van der Waals surface area contributed by atoms with E-state index in [9.17, 15) is 29.1 Å². The summed E-state index contributed by atoms with van der Waals surface area (Å²) in [4.78, 5) is 62.4. The van der Waals surface area contributed by atoms with E-state index in [1.54, 1.807) is 6.92 Å². The number of esters is 5. The van der Waals surface area contributed by atoms with Crippen molar-refractivity contribution in [2.24, 2.45) is 17.3 Å². The smallest absolute Gasteiger partial charge is 0.312 e. The highest BCUT2D eigenvalue weighted by Gasteiger charge is 2.70. The highest BCUT2D eigenvalue weighted by molar-refractivity contribution is 6.23. The van der Waals surface area contributed by atoms with Crippen LogP contribution in [0.3, 0.4) is 0 Å². The lowest BCUT2D eigenvalue weighted by Crippen LogP contribution is -2.69. The van der Waals surface area contributed by atoms with Crippen LogP contribution in [0.5, 0.6) is 0 Å². The standard InChI is InChI=1S/C28H37ClO11/c1-12-9-10-20(37-16(5)31)27(8)21(13(2)11-19(36-15(4)30)23(27)38-17(6)32)24(39-18(7)33)28(35)14(3)26(34)40-25(28)22(12)29/h14,19-25,35H,1-2,9-11H2,3-8H3/t14-,19-,20-,21+,22?,23-,24-,25-,27+,28?/m0/s1. The molecule has 222 valence electrons. The van der Waals surface area contributed by atoms with Crippen LogP contribution in [0.1, 0.15) is 60.8 Å². The first kappa shape index (κ1) is 31.6. The predicted molar refractivity (Wildman–Crippen MR) is 140 cm³/mol. The van der Waals surface area contributed by atoms with Gasteiger partial charge in [-0.2, -0.15) is 0 Å². The lowest BCUT2D eigenvalue weighted by Gasteiger charge is -2.57. The van der Waals surface area contributed by atoms with Crippen LogP contribution < -0.4 is 0 Å². The van der Waals surface area contributed by atoms with Gasteiger partial charge in [0.25, 0.3) is 0 Å². The SMILES string of the molecule is C=C1CC[C@H](OC(C)=O)[C@]2(C)[C@H](C(=C)C[C@H](OC(C)=O)[C@@H]2OC(C)=O)[C@H](OC(C)=O)C2(O)[C@@H](C)C(=O)O[C@H]2C1Cl. The van der Waals surface area contributed by atoms with Gasteiger partial charge in [-0.3, -0.25) is 24.0 Å². The molecule has 40 heavy (non-hydrogen) atoms. The van der Waals surface area contributed by atoms with Crippen LogP contribution >= 0.6 is 11.6 Å². The number of aliphatic hydroxyl groups is 1. The highest BCUT2D eigenvalue weighted by Crippen LogP contribution is 2.57. The molecular formula is C28H37ClO11. The molecule has 2 aliphatic carbocycles. The van der Waals surface area contributed by atoms with E-state index in [4.69, 9.17) is 35.3 Å². The zero-order chi connectivity index (χ0) is 30.3. The minimum absolute atomic E-state index is 0.0523.